The number of sulfone groups is 2. The summed E-state index contributed by atoms with van der Waals surface area (Å²) in [4.78, 5) is 3.92. The van der Waals surface area contributed by atoms with Gasteiger partial charge < -0.3 is 5.32 Å². The number of aryl methyl sites for hydroxylation is 1. The third-order valence-corrected chi connectivity index (χ3v) is 7.40. The topological polar surface area (TPSA) is 93.2 Å². The lowest BCUT2D eigenvalue weighted by molar-refractivity contribution is 0.591. The number of hydrogen-bond acceptors (Lipinski definition) is 7. The van der Waals surface area contributed by atoms with E-state index in [9.17, 15) is 16.8 Å². The Morgan fingerprint density at radius 2 is 1.83 bits per heavy atom. The fraction of sp³-hybridized carbons (Fsp3) is 0.214. The van der Waals surface area contributed by atoms with Crippen LogP contribution < -0.4 is 5.32 Å². The van der Waals surface area contributed by atoms with Crippen LogP contribution in [-0.2, 0) is 19.7 Å². The molecule has 0 unspecified atom stereocenters. The predicted molar refractivity (Wildman–Crippen MR) is 90.5 cm³/mol. The van der Waals surface area contributed by atoms with Crippen LogP contribution in [0.2, 0.25) is 0 Å². The van der Waals surface area contributed by atoms with E-state index in [0.717, 1.165) is 23.2 Å². The Balaban J connectivity index is 2.62. The Hall–Kier alpha value is -1.71. The standard InChI is InChI=1S/C14H16N2O4S3/c1-4-9-15-12-13(16-14(21-12)22(3,17)18)23(19,20)11-7-5-10(2)6-8-11/h4-8,15H,1,9H2,2-3H3. The van der Waals surface area contributed by atoms with E-state index in [1.165, 1.54) is 12.1 Å². The van der Waals surface area contributed by atoms with Gasteiger partial charge in [-0.1, -0.05) is 35.1 Å². The van der Waals surface area contributed by atoms with E-state index in [4.69, 9.17) is 0 Å². The van der Waals surface area contributed by atoms with Crippen molar-refractivity contribution in [2.45, 2.75) is 21.2 Å². The fourth-order valence-electron chi connectivity index (χ4n) is 1.73. The largest absolute Gasteiger partial charge is 0.371 e. The molecule has 1 aromatic carbocycles. The molecule has 1 aromatic heterocycles. The molecule has 1 N–H and O–H groups in total. The molecule has 1 heterocycles. The highest BCUT2D eigenvalue weighted by Crippen LogP contribution is 2.34. The molecular weight excluding hydrogens is 356 g/mol. The van der Waals surface area contributed by atoms with E-state index in [1.807, 2.05) is 6.92 Å². The Morgan fingerprint density at radius 1 is 1.22 bits per heavy atom. The Morgan fingerprint density at radius 3 is 2.35 bits per heavy atom. The van der Waals surface area contributed by atoms with Crippen molar-refractivity contribution in [1.29, 1.82) is 0 Å². The van der Waals surface area contributed by atoms with Gasteiger partial charge >= 0.3 is 0 Å². The molecule has 0 spiro atoms. The summed E-state index contributed by atoms with van der Waals surface area (Å²) >= 11 is 0.794. The van der Waals surface area contributed by atoms with Crippen LogP contribution in [-0.4, -0.2) is 34.6 Å². The van der Waals surface area contributed by atoms with Crippen molar-refractivity contribution in [3.63, 3.8) is 0 Å². The van der Waals surface area contributed by atoms with Crippen LogP contribution in [0.15, 0.2) is 51.2 Å². The van der Waals surface area contributed by atoms with Crippen LogP contribution in [0.1, 0.15) is 5.56 Å². The summed E-state index contributed by atoms with van der Waals surface area (Å²) in [6.45, 7) is 5.68. The zero-order valence-electron chi connectivity index (χ0n) is 12.6. The highest BCUT2D eigenvalue weighted by Gasteiger charge is 2.28. The van der Waals surface area contributed by atoms with Crippen molar-refractivity contribution in [2.24, 2.45) is 0 Å². The first-order chi connectivity index (χ1) is 10.7. The van der Waals surface area contributed by atoms with Gasteiger partial charge in [-0.15, -0.1) is 6.58 Å². The first-order valence-electron chi connectivity index (χ1n) is 6.53. The lowest BCUT2D eigenvalue weighted by Crippen LogP contribution is -2.07. The average Bonchev–Trinajstić information content (AvgIpc) is 2.90. The van der Waals surface area contributed by atoms with Crippen molar-refractivity contribution in [2.75, 3.05) is 18.1 Å². The smallest absolute Gasteiger partial charge is 0.226 e. The molecule has 23 heavy (non-hydrogen) atoms. The van der Waals surface area contributed by atoms with Gasteiger partial charge in [-0.05, 0) is 19.1 Å². The molecule has 0 aliphatic rings. The second-order valence-corrected chi connectivity index (χ2v) is 9.93. The molecule has 0 radical (unpaired) electrons. The minimum Gasteiger partial charge on any atom is -0.371 e. The van der Waals surface area contributed by atoms with Crippen molar-refractivity contribution in [1.82, 2.24) is 4.98 Å². The van der Waals surface area contributed by atoms with E-state index in [0.29, 0.717) is 6.54 Å². The Kier molecular flexibility index (Phi) is 4.92. The third kappa shape index (κ3) is 3.80. The molecule has 0 fully saturated rings. The molecule has 124 valence electrons. The normalized spacial score (nSPS) is 12.1. The summed E-state index contributed by atoms with van der Waals surface area (Å²) in [6, 6.07) is 6.30. The summed E-state index contributed by atoms with van der Waals surface area (Å²) in [6.07, 6.45) is 2.54. The molecule has 0 saturated heterocycles. The number of aromatic nitrogens is 1. The minimum absolute atomic E-state index is 0.0649. The zero-order chi connectivity index (χ0) is 17.3. The van der Waals surface area contributed by atoms with E-state index in [-0.39, 0.29) is 19.3 Å². The number of hydrogen-bond donors (Lipinski definition) is 1. The highest BCUT2D eigenvalue weighted by molar-refractivity contribution is 7.93. The molecule has 2 aromatic rings. The molecule has 0 aliphatic carbocycles. The molecule has 0 atom stereocenters. The van der Waals surface area contributed by atoms with E-state index in [2.05, 4.69) is 16.9 Å². The van der Waals surface area contributed by atoms with Gasteiger partial charge in [-0.25, -0.2) is 21.8 Å². The first kappa shape index (κ1) is 17.6. The summed E-state index contributed by atoms with van der Waals surface area (Å²) < 4.78 is 48.6. The molecule has 0 amide bonds. The fourth-order valence-corrected chi connectivity index (χ4v) is 5.26. The summed E-state index contributed by atoms with van der Waals surface area (Å²) in [7, 11) is -7.52. The van der Waals surface area contributed by atoms with Crippen LogP contribution in [0.25, 0.3) is 0 Å². The third-order valence-electron chi connectivity index (χ3n) is 2.89. The molecule has 0 aliphatic heterocycles. The van der Waals surface area contributed by atoms with Crippen molar-refractivity contribution in [3.8, 4) is 0 Å². The quantitative estimate of drug-likeness (QED) is 0.782. The highest BCUT2D eigenvalue weighted by atomic mass is 32.2. The predicted octanol–water partition coefficient (Wildman–Crippen LogP) is 2.29. The summed E-state index contributed by atoms with van der Waals surface area (Å²) in [5, 5.41) is 2.74. The number of anilines is 1. The molecular formula is C14H16N2O4S3. The van der Waals surface area contributed by atoms with Gasteiger partial charge in [0, 0.05) is 12.8 Å². The van der Waals surface area contributed by atoms with E-state index >= 15 is 0 Å². The second-order valence-electron chi connectivity index (χ2n) is 4.87. The molecule has 9 heteroatoms. The van der Waals surface area contributed by atoms with Crippen LogP contribution in [0, 0.1) is 6.92 Å². The molecule has 0 bridgehead atoms. The van der Waals surface area contributed by atoms with Crippen molar-refractivity contribution >= 4 is 36.0 Å². The maximum atomic E-state index is 12.8. The van der Waals surface area contributed by atoms with Gasteiger partial charge in [0.25, 0.3) is 0 Å². The number of nitrogens with zero attached hydrogens (tertiary/aromatic N) is 1. The lowest BCUT2D eigenvalue weighted by Gasteiger charge is -2.05. The van der Waals surface area contributed by atoms with Gasteiger partial charge in [-0.2, -0.15) is 0 Å². The first-order valence-corrected chi connectivity index (χ1v) is 10.7. The second kappa shape index (κ2) is 6.42. The van der Waals surface area contributed by atoms with Crippen LogP contribution >= 0.6 is 11.3 Å². The van der Waals surface area contributed by atoms with Crippen molar-refractivity contribution < 1.29 is 16.8 Å². The van der Waals surface area contributed by atoms with E-state index in [1.54, 1.807) is 18.2 Å². The molecule has 0 saturated carbocycles. The maximum absolute atomic E-state index is 12.8. The lowest BCUT2D eigenvalue weighted by atomic mass is 10.2. The van der Waals surface area contributed by atoms with Gasteiger partial charge in [0.1, 0.15) is 5.00 Å². The van der Waals surface area contributed by atoms with Crippen LogP contribution in [0.5, 0.6) is 0 Å². The van der Waals surface area contributed by atoms with E-state index < -0.39 is 19.7 Å². The van der Waals surface area contributed by atoms with Crippen LogP contribution in [0.3, 0.4) is 0 Å². The minimum atomic E-state index is -3.92. The number of rotatable bonds is 6. The van der Waals surface area contributed by atoms with Gasteiger partial charge in [-0.3, -0.25) is 0 Å². The average molecular weight is 372 g/mol. The maximum Gasteiger partial charge on any atom is 0.226 e. The van der Waals surface area contributed by atoms with Crippen LogP contribution in [0.4, 0.5) is 5.00 Å². The summed E-state index contributed by atoms with van der Waals surface area (Å²) in [5.41, 5.74) is 0.920. The summed E-state index contributed by atoms with van der Waals surface area (Å²) in [5.74, 6) is 0. The molecule has 2 rings (SSSR count). The Bertz CT molecular complexity index is 927. The molecule has 6 nitrogen and oxygen atoms in total. The van der Waals surface area contributed by atoms with Gasteiger partial charge in [0.2, 0.25) is 24.0 Å². The van der Waals surface area contributed by atoms with Gasteiger partial charge in [0.15, 0.2) is 5.03 Å². The zero-order valence-corrected chi connectivity index (χ0v) is 15.1. The number of thiazole rings is 1. The number of benzene rings is 1. The SMILES string of the molecule is C=CCNc1sc(S(C)(=O)=O)nc1S(=O)(=O)c1ccc(C)cc1. The number of nitrogens with one attached hydrogen (secondary N) is 1. The Labute approximate surface area is 139 Å². The van der Waals surface area contributed by atoms with Crippen molar-refractivity contribution in [3.05, 3.63) is 42.5 Å². The monoisotopic (exact) mass is 372 g/mol. The van der Waals surface area contributed by atoms with Gasteiger partial charge in [0.05, 0.1) is 4.90 Å².